The first-order valence-corrected chi connectivity index (χ1v) is 19.9. The average Bonchev–Trinajstić information content (AvgIpc) is 3.64. The number of hydrogen-bond donors (Lipinski definition) is 0. The van der Waals surface area contributed by atoms with Gasteiger partial charge in [-0.05, 0) is 128 Å². The highest BCUT2D eigenvalue weighted by atomic mass is 15.1. The van der Waals surface area contributed by atoms with Gasteiger partial charge in [-0.1, -0.05) is 107 Å². The summed E-state index contributed by atoms with van der Waals surface area (Å²) in [6.45, 7) is 36.0. The van der Waals surface area contributed by atoms with Gasteiger partial charge >= 0.3 is 0 Å². The maximum absolute atomic E-state index is 8.54. The fourth-order valence-electron chi connectivity index (χ4n) is 8.21. The maximum Gasteiger partial charge on any atom is 0.197 e. The Bertz CT molecular complexity index is 2740. The molecule has 282 valence electrons. The van der Waals surface area contributed by atoms with Gasteiger partial charge in [-0.25, -0.2) is 4.85 Å². The Labute approximate surface area is 332 Å². The van der Waals surface area contributed by atoms with Crippen LogP contribution in [-0.4, -0.2) is 14.1 Å². The van der Waals surface area contributed by atoms with E-state index in [2.05, 4.69) is 187 Å². The second-order valence-corrected chi connectivity index (χ2v) is 19.8. The molecule has 0 amide bonds. The molecule has 56 heavy (non-hydrogen) atoms. The number of pyridine rings is 1. The van der Waals surface area contributed by atoms with Crippen molar-refractivity contribution in [3.63, 3.8) is 0 Å². The van der Waals surface area contributed by atoms with E-state index in [9.17, 15) is 0 Å². The second kappa shape index (κ2) is 12.7. The van der Waals surface area contributed by atoms with E-state index in [0.717, 1.165) is 44.6 Å². The lowest BCUT2D eigenvalue weighted by Crippen LogP contribution is -2.11. The first kappa shape index (κ1) is 37.3. The lowest BCUT2D eigenvalue weighted by molar-refractivity contribution is 0.590. The minimum atomic E-state index is -0.0142. The molecule has 3 heterocycles. The molecule has 4 nitrogen and oxygen atoms in total. The number of rotatable bonds is 3. The zero-order valence-electron chi connectivity index (χ0n) is 35.2. The predicted molar refractivity (Wildman–Crippen MR) is 239 cm³/mol. The summed E-state index contributed by atoms with van der Waals surface area (Å²) in [6, 6.07) is 36.3. The SMILES string of the molecule is [C-]#[N+]c1cc(-n2c3ccc(C(C)(C)C)cc3c3cc(C(C)(C)C)ccc32)c(-n2c3ccc(C(C)(C)C)cc3c3cc(C(C)(C)C)ccc32)cc1-c1ccncc1. The molecule has 0 saturated heterocycles. The Morgan fingerprint density at radius 3 is 1.05 bits per heavy atom. The van der Waals surface area contributed by atoms with Gasteiger partial charge in [-0.3, -0.25) is 4.98 Å². The normalized spacial score (nSPS) is 13.0. The van der Waals surface area contributed by atoms with E-state index in [4.69, 9.17) is 6.57 Å². The molecule has 8 aromatic rings. The number of aromatic nitrogens is 3. The number of nitrogens with zero attached hydrogens (tertiary/aromatic N) is 4. The highest BCUT2D eigenvalue weighted by molar-refractivity contribution is 6.12. The van der Waals surface area contributed by atoms with E-state index in [1.807, 2.05) is 24.5 Å². The van der Waals surface area contributed by atoms with Crippen LogP contribution >= 0.6 is 0 Å². The van der Waals surface area contributed by atoms with Gasteiger partial charge in [0.2, 0.25) is 0 Å². The molecule has 0 N–H and O–H groups in total. The van der Waals surface area contributed by atoms with Crippen molar-refractivity contribution in [1.82, 2.24) is 14.1 Å². The number of hydrogen-bond acceptors (Lipinski definition) is 1. The van der Waals surface area contributed by atoms with Crippen molar-refractivity contribution in [2.45, 2.75) is 105 Å². The third-order valence-corrected chi connectivity index (χ3v) is 11.7. The quantitative estimate of drug-likeness (QED) is 0.166. The van der Waals surface area contributed by atoms with Gasteiger partial charge in [0.1, 0.15) is 0 Å². The Kier molecular flexibility index (Phi) is 8.44. The lowest BCUT2D eigenvalue weighted by Gasteiger charge is -2.22. The molecule has 0 saturated carbocycles. The number of fused-ring (bicyclic) bond motifs is 6. The van der Waals surface area contributed by atoms with Crippen LogP contribution in [0.15, 0.2) is 109 Å². The van der Waals surface area contributed by atoms with Crippen LogP contribution in [0, 0.1) is 6.57 Å². The van der Waals surface area contributed by atoms with Crippen LogP contribution in [-0.2, 0) is 21.7 Å². The molecule has 0 atom stereocenters. The van der Waals surface area contributed by atoms with Crippen LogP contribution in [0.1, 0.15) is 105 Å². The summed E-state index contributed by atoms with van der Waals surface area (Å²) in [5.41, 5.74) is 14.1. The third-order valence-electron chi connectivity index (χ3n) is 11.7. The van der Waals surface area contributed by atoms with Crippen LogP contribution < -0.4 is 0 Å². The van der Waals surface area contributed by atoms with Crippen molar-refractivity contribution in [1.29, 1.82) is 0 Å². The van der Waals surface area contributed by atoms with E-state index >= 15 is 0 Å². The topological polar surface area (TPSA) is 27.1 Å². The summed E-state index contributed by atoms with van der Waals surface area (Å²) in [7, 11) is 0. The molecule has 0 aliphatic heterocycles. The van der Waals surface area contributed by atoms with E-state index in [0.29, 0.717) is 5.69 Å². The standard InChI is InChI=1S/C52H54N4/c1-49(2,3)33-14-18-43-38(26-33)39-27-34(50(4,5)6)15-19-44(39)55(43)47-30-37(32-22-24-54-25-23-32)42(53-13)31-48(47)56-45-20-16-35(51(7,8)9)28-40(45)41-29-36(52(10,11)12)17-21-46(41)56/h14-31H,1-12H3. The van der Waals surface area contributed by atoms with Crippen LogP contribution in [0.25, 0.3) is 71.0 Å². The Balaban J connectivity index is 1.57. The van der Waals surface area contributed by atoms with Crippen molar-refractivity contribution < 1.29 is 0 Å². The molecule has 0 radical (unpaired) electrons. The summed E-state index contributed by atoms with van der Waals surface area (Å²) in [5, 5.41) is 4.91. The Morgan fingerprint density at radius 1 is 0.429 bits per heavy atom. The zero-order valence-corrected chi connectivity index (χ0v) is 35.2. The number of benzene rings is 5. The van der Waals surface area contributed by atoms with E-state index in [-0.39, 0.29) is 21.7 Å². The Hall–Kier alpha value is -5.66. The third kappa shape index (κ3) is 6.19. The van der Waals surface area contributed by atoms with Gasteiger partial charge in [0, 0.05) is 33.9 Å². The highest BCUT2D eigenvalue weighted by Crippen LogP contribution is 2.45. The van der Waals surface area contributed by atoms with Crippen LogP contribution in [0.3, 0.4) is 0 Å². The van der Waals surface area contributed by atoms with Gasteiger partial charge in [-0.2, -0.15) is 0 Å². The van der Waals surface area contributed by atoms with Crippen molar-refractivity contribution >= 4 is 49.3 Å². The van der Waals surface area contributed by atoms with E-state index in [1.54, 1.807) is 0 Å². The molecule has 5 aromatic carbocycles. The molecule has 8 rings (SSSR count). The first-order valence-electron chi connectivity index (χ1n) is 19.9. The fraction of sp³-hybridized carbons (Fsp3) is 0.308. The molecule has 4 heteroatoms. The minimum Gasteiger partial charge on any atom is -0.308 e. The van der Waals surface area contributed by atoms with E-state index in [1.165, 1.54) is 43.8 Å². The maximum atomic E-state index is 8.54. The summed E-state index contributed by atoms with van der Waals surface area (Å²) >= 11 is 0. The monoisotopic (exact) mass is 734 g/mol. The second-order valence-electron chi connectivity index (χ2n) is 19.8. The molecule has 0 fully saturated rings. The van der Waals surface area contributed by atoms with Crippen LogP contribution in [0.5, 0.6) is 0 Å². The molecule has 0 unspecified atom stereocenters. The predicted octanol–water partition coefficient (Wildman–Crippen LogP) is 14.7. The molecule has 3 aromatic heterocycles. The first-order chi connectivity index (χ1) is 26.3. The summed E-state index contributed by atoms with van der Waals surface area (Å²) in [6.07, 6.45) is 3.62. The van der Waals surface area contributed by atoms with Crippen molar-refractivity contribution in [2.24, 2.45) is 0 Å². The van der Waals surface area contributed by atoms with Crippen molar-refractivity contribution in [3.05, 3.63) is 143 Å². The fourth-order valence-corrected chi connectivity index (χ4v) is 8.21. The van der Waals surface area contributed by atoms with Crippen LogP contribution in [0.2, 0.25) is 0 Å². The van der Waals surface area contributed by atoms with Gasteiger partial charge in [0.05, 0.1) is 40.0 Å². The summed E-state index contributed by atoms with van der Waals surface area (Å²) in [4.78, 5) is 8.53. The molecule has 0 spiro atoms. The smallest absolute Gasteiger partial charge is 0.197 e. The largest absolute Gasteiger partial charge is 0.308 e. The summed E-state index contributed by atoms with van der Waals surface area (Å²) < 4.78 is 4.86. The van der Waals surface area contributed by atoms with Crippen molar-refractivity contribution in [2.75, 3.05) is 0 Å². The van der Waals surface area contributed by atoms with Gasteiger partial charge < -0.3 is 9.13 Å². The van der Waals surface area contributed by atoms with Crippen molar-refractivity contribution in [3.8, 4) is 22.5 Å². The van der Waals surface area contributed by atoms with Gasteiger partial charge in [-0.15, -0.1) is 0 Å². The molecular weight excluding hydrogens is 681 g/mol. The lowest BCUT2D eigenvalue weighted by atomic mass is 9.85. The molecule has 0 aliphatic rings. The Morgan fingerprint density at radius 2 is 0.750 bits per heavy atom. The summed E-state index contributed by atoms with van der Waals surface area (Å²) in [5.74, 6) is 0. The van der Waals surface area contributed by atoms with Gasteiger partial charge in [0.15, 0.2) is 5.69 Å². The zero-order chi connectivity index (χ0) is 40.1. The molecular formula is C52H54N4. The van der Waals surface area contributed by atoms with Crippen LogP contribution in [0.4, 0.5) is 5.69 Å². The average molecular weight is 735 g/mol. The van der Waals surface area contributed by atoms with E-state index < -0.39 is 0 Å². The van der Waals surface area contributed by atoms with Gasteiger partial charge in [0.25, 0.3) is 0 Å². The minimum absolute atomic E-state index is 0.0119. The highest BCUT2D eigenvalue weighted by Gasteiger charge is 2.26. The molecule has 0 bridgehead atoms. The molecule has 0 aliphatic carbocycles.